The highest BCUT2D eigenvalue weighted by Gasteiger charge is 2.35. The van der Waals surface area contributed by atoms with Gasteiger partial charge in [-0.25, -0.2) is 0 Å². The van der Waals surface area contributed by atoms with Crippen molar-refractivity contribution in [3.05, 3.63) is 60.2 Å². The van der Waals surface area contributed by atoms with Crippen molar-refractivity contribution in [2.45, 2.75) is 12.8 Å². The highest BCUT2D eigenvalue weighted by molar-refractivity contribution is 6.03. The van der Waals surface area contributed by atoms with E-state index in [0.29, 0.717) is 18.7 Å². The lowest BCUT2D eigenvalue weighted by Crippen LogP contribution is -2.28. The molecule has 0 aliphatic carbocycles. The van der Waals surface area contributed by atoms with Gasteiger partial charge < -0.3 is 15.5 Å². The summed E-state index contributed by atoms with van der Waals surface area (Å²) in [5, 5.41) is 5.43. The molecule has 2 N–H and O–H groups in total. The maximum Gasteiger partial charge on any atom is 0.229 e. The summed E-state index contributed by atoms with van der Waals surface area (Å²) in [4.78, 5) is 37.7. The van der Waals surface area contributed by atoms with Crippen molar-refractivity contribution >= 4 is 29.1 Å². The SMILES string of the molecule is CNC(=O)Cc1ccc(NC(=O)[C@H]2CC(=O)N(c3ccccc3)C2)cc1. The zero-order chi connectivity index (χ0) is 18.5. The quantitative estimate of drug-likeness (QED) is 0.864. The molecule has 6 heteroatoms. The fourth-order valence-corrected chi connectivity index (χ4v) is 2.96. The van der Waals surface area contributed by atoms with E-state index in [9.17, 15) is 14.4 Å². The molecule has 0 unspecified atom stereocenters. The molecule has 1 atom stereocenters. The maximum atomic E-state index is 12.5. The largest absolute Gasteiger partial charge is 0.359 e. The number of rotatable bonds is 5. The van der Waals surface area contributed by atoms with Gasteiger partial charge in [-0.1, -0.05) is 30.3 Å². The van der Waals surface area contributed by atoms with Gasteiger partial charge in [-0.05, 0) is 29.8 Å². The van der Waals surface area contributed by atoms with Gasteiger partial charge in [-0.2, -0.15) is 0 Å². The van der Waals surface area contributed by atoms with Gasteiger partial charge in [0, 0.05) is 31.4 Å². The molecule has 1 aliphatic heterocycles. The molecule has 2 aromatic rings. The van der Waals surface area contributed by atoms with Crippen LogP contribution in [0, 0.1) is 5.92 Å². The van der Waals surface area contributed by atoms with E-state index in [4.69, 9.17) is 0 Å². The minimum Gasteiger partial charge on any atom is -0.359 e. The first-order chi connectivity index (χ1) is 12.6. The van der Waals surface area contributed by atoms with Crippen molar-refractivity contribution in [3.63, 3.8) is 0 Å². The second-order valence-corrected chi connectivity index (χ2v) is 6.28. The third-order valence-corrected chi connectivity index (χ3v) is 4.43. The van der Waals surface area contributed by atoms with Crippen LogP contribution in [0.15, 0.2) is 54.6 Å². The Morgan fingerprint density at radius 1 is 1.08 bits per heavy atom. The van der Waals surface area contributed by atoms with E-state index < -0.39 is 0 Å². The van der Waals surface area contributed by atoms with Crippen LogP contribution in [0.3, 0.4) is 0 Å². The number of nitrogens with zero attached hydrogens (tertiary/aromatic N) is 1. The van der Waals surface area contributed by atoms with Crippen LogP contribution in [-0.4, -0.2) is 31.3 Å². The van der Waals surface area contributed by atoms with Crippen molar-refractivity contribution < 1.29 is 14.4 Å². The Labute approximate surface area is 152 Å². The zero-order valence-corrected chi connectivity index (χ0v) is 14.6. The zero-order valence-electron chi connectivity index (χ0n) is 14.6. The number of amides is 3. The summed E-state index contributed by atoms with van der Waals surface area (Å²) in [7, 11) is 1.60. The first kappa shape index (κ1) is 17.7. The molecule has 3 rings (SSSR count). The number of carbonyl (C=O) groups is 3. The minimum absolute atomic E-state index is 0.0442. The molecule has 3 amide bonds. The highest BCUT2D eigenvalue weighted by atomic mass is 16.2. The van der Waals surface area contributed by atoms with E-state index in [0.717, 1.165) is 11.3 Å². The lowest BCUT2D eigenvalue weighted by atomic mass is 10.1. The second kappa shape index (κ2) is 7.82. The van der Waals surface area contributed by atoms with E-state index >= 15 is 0 Å². The third kappa shape index (κ3) is 4.08. The fourth-order valence-electron chi connectivity index (χ4n) is 2.96. The summed E-state index contributed by atoms with van der Waals surface area (Å²) in [6.07, 6.45) is 0.503. The van der Waals surface area contributed by atoms with Crippen molar-refractivity contribution in [3.8, 4) is 0 Å². The number of hydrogen-bond donors (Lipinski definition) is 2. The molecule has 0 spiro atoms. The molecule has 0 bridgehead atoms. The number of para-hydroxylation sites is 1. The normalized spacial score (nSPS) is 16.4. The molecule has 0 radical (unpaired) electrons. The number of anilines is 2. The van der Waals surface area contributed by atoms with Crippen molar-refractivity contribution in [1.29, 1.82) is 0 Å². The lowest BCUT2D eigenvalue weighted by Gasteiger charge is -2.16. The van der Waals surface area contributed by atoms with Gasteiger partial charge in [0.15, 0.2) is 0 Å². The maximum absolute atomic E-state index is 12.5. The fraction of sp³-hybridized carbons (Fsp3) is 0.250. The molecule has 134 valence electrons. The summed E-state index contributed by atoms with van der Waals surface area (Å²) in [6, 6.07) is 16.5. The average Bonchev–Trinajstić information content (AvgIpc) is 3.06. The van der Waals surface area contributed by atoms with E-state index in [-0.39, 0.29) is 30.1 Å². The Bertz CT molecular complexity index is 803. The van der Waals surface area contributed by atoms with Crippen LogP contribution < -0.4 is 15.5 Å². The summed E-state index contributed by atoms with van der Waals surface area (Å²) in [5.41, 5.74) is 2.33. The van der Waals surface area contributed by atoms with Gasteiger partial charge in [0.05, 0.1) is 12.3 Å². The number of hydrogen-bond acceptors (Lipinski definition) is 3. The summed E-state index contributed by atoms with van der Waals surface area (Å²) < 4.78 is 0. The van der Waals surface area contributed by atoms with E-state index in [1.807, 2.05) is 30.3 Å². The molecule has 6 nitrogen and oxygen atoms in total. The van der Waals surface area contributed by atoms with Gasteiger partial charge in [-0.3, -0.25) is 14.4 Å². The highest BCUT2D eigenvalue weighted by Crippen LogP contribution is 2.25. The topological polar surface area (TPSA) is 78.5 Å². The molecule has 0 aromatic heterocycles. The number of likely N-dealkylation sites (N-methyl/N-ethyl adjacent to an activating group) is 1. The standard InChI is InChI=1S/C20H21N3O3/c1-21-18(24)11-14-7-9-16(10-8-14)22-20(26)15-12-19(25)23(13-15)17-5-3-2-4-6-17/h2-10,15H,11-13H2,1H3,(H,21,24)(H,22,26)/t15-/m0/s1. The molecular formula is C20H21N3O3. The Morgan fingerprint density at radius 2 is 1.77 bits per heavy atom. The van der Waals surface area contributed by atoms with Crippen LogP contribution in [0.4, 0.5) is 11.4 Å². The van der Waals surface area contributed by atoms with Crippen LogP contribution in [0.2, 0.25) is 0 Å². The van der Waals surface area contributed by atoms with Crippen LogP contribution in [0.1, 0.15) is 12.0 Å². The van der Waals surface area contributed by atoms with E-state index in [1.165, 1.54) is 0 Å². The van der Waals surface area contributed by atoms with Crippen LogP contribution in [0.5, 0.6) is 0 Å². The van der Waals surface area contributed by atoms with Crippen LogP contribution in [0.25, 0.3) is 0 Å². The number of benzene rings is 2. The molecule has 1 aliphatic rings. The monoisotopic (exact) mass is 351 g/mol. The van der Waals surface area contributed by atoms with Gasteiger partial charge in [0.25, 0.3) is 0 Å². The molecule has 1 saturated heterocycles. The van der Waals surface area contributed by atoms with E-state index in [2.05, 4.69) is 10.6 Å². The first-order valence-electron chi connectivity index (χ1n) is 8.52. The molecule has 1 heterocycles. The van der Waals surface area contributed by atoms with Gasteiger partial charge >= 0.3 is 0 Å². The van der Waals surface area contributed by atoms with Gasteiger partial charge in [0.1, 0.15) is 0 Å². The number of nitrogens with one attached hydrogen (secondary N) is 2. The molecule has 0 saturated carbocycles. The van der Waals surface area contributed by atoms with Crippen molar-refractivity contribution in [2.75, 3.05) is 23.8 Å². The number of carbonyl (C=O) groups excluding carboxylic acids is 3. The first-order valence-corrected chi connectivity index (χ1v) is 8.52. The van der Waals surface area contributed by atoms with E-state index in [1.54, 1.807) is 36.2 Å². The molecule has 26 heavy (non-hydrogen) atoms. The van der Waals surface area contributed by atoms with Crippen molar-refractivity contribution in [1.82, 2.24) is 5.32 Å². The summed E-state index contributed by atoms with van der Waals surface area (Å²) in [5.74, 6) is -0.659. The minimum atomic E-state index is -0.381. The molecular weight excluding hydrogens is 330 g/mol. The van der Waals surface area contributed by atoms with Crippen molar-refractivity contribution in [2.24, 2.45) is 5.92 Å². The summed E-state index contributed by atoms with van der Waals surface area (Å²) >= 11 is 0. The Kier molecular flexibility index (Phi) is 5.31. The molecule has 1 fully saturated rings. The van der Waals surface area contributed by atoms with Gasteiger partial charge in [0.2, 0.25) is 17.7 Å². The Morgan fingerprint density at radius 3 is 2.42 bits per heavy atom. The third-order valence-electron chi connectivity index (χ3n) is 4.43. The predicted octanol–water partition coefficient (Wildman–Crippen LogP) is 1.97. The smallest absolute Gasteiger partial charge is 0.229 e. The van der Waals surface area contributed by atoms with Gasteiger partial charge in [-0.15, -0.1) is 0 Å². The Balaban J connectivity index is 1.60. The lowest BCUT2D eigenvalue weighted by molar-refractivity contribution is -0.122. The summed E-state index contributed by atoms with van der Waals surface area (Å²) in [6.45, 7) is 0.378. The average molecular weight is 351 g/mol. The predicted molar refractivity (Wildman–Crippen MR) is 99.7 cm³/mol. The van der Waals surface area contributed by atoms with Crippen LogP contribution in [-0.2, 0) is 20.8 Å². The van der Waals surface area contributed by atoms with Crippen LogP contribution >= 0.6 is 0 Å². The Hall–Kier alpha value is -3.15. The second-order valence-electron chi connectivity index (χ2n) is 6.28. The molecule has 2 aromatic carbocycles.